The Labute approximate surface area is 149 Å². The maximum absolute atomic E-state index is 12.9. The van der Waals surface area contributed by atoms with Crippen molar-refractivity contribution in [1.29, 1.82) is 0 Å². The molecule has 1 aromatic rings. The van der Waals surface area contributed by atoms with Crippen molar-refractivity contribution < 1.29 is 17.9 Å². The summed E-state index contributed by atoms with van der Waals surface area (Å²) in [6.07, 6.45) is 1.17. The number of ether oxygens (including phenoxy) is 1. The molecule has 2 aliphatic heterocycles. The van der Waals surface area contributed by atoms with Crippen molar-refractivity contribution in [2.75, 3.05) is 39.4 Å². The normalized spacial score (nSPS) is 20.6. The maximum atomic E-state index is 12.9. The van der Waals surface area contributed by atoms with Gasteiger partial charge < -0.3 is 9.64 Å². The van der Waals surface area contributed by atoms with Crippen LogP contribution in [0.3, 0.4) is 0 Å². The summed E-state index contributed by atoms with van der Waals surface area (Å²) in [7, 11) is -3.50. The van der Waals surface area contributed by atoms with Crippen LogP contribution in [0, 0.1) is 19.8 Å². The lowest BCUT2D eigenvalue weighted by Crippen LogP contribution is -2.47. The van der Waals surface area contributed by atoms with E-state index in [1.54, 1.807) is 6.07 Å². The van der Waals surface area contributed by atoms with Gasteiger partial charge in [0, 0.05) is 32.1 Å². The number of amides is 1. The standard InChI is InChI=1S/C18H26N2O4S/c1-14-3-4-17(15(2)13-14)25(22,23)20-7-5-16(6-8-20)18(21)19-9-11-24-12-10-19/h3-4,13,16H,5-12H2,1-2H3. The number of hydrogen-bond acceptors (Lipinski definition) is 4. The maximum Gasteiger partial charge on any atom is 0.243 e. The average Bonchev–Trinajstić information content (AvgIpc) is 2.61. The molecule has 1 aromatic carbocycles. The summed E-state index contributed by atoms with van der Waals surface area (Å²) >= 11 is 0. The fourth-order valence-corrected chi connectivity index (χ4v) is 5.29. The molecule has 2 saturated heterocycles. The number of rotatable bonds is 3. The second-order valence-corrected chi connectivity index (χ2v) is 8.79. The zero-order valence-electron chi connectivity index (χ0n) is 14.9. The van der Waals surface area contributed by atoms with E-state index in [4.69, 9.17) is 4.74 Å². The number of nitrogens with zero attached hydrogens (tertiary/aromatic N) is 2. The number of benzene rings is 1. The summed E-state index contributed by atoms with van der Waals surface area (Å²) in [6, 6.07) is 5.40. The van der Waals surface area contributed by atoms with Crippen LogP contribution in [0.5, 0.6) is 0 Å². The summed E-state index contributed by atoms with van der Waals surface area (Å²) in [5, 5.41) is 0. The van der Waals surface area contributed by atoms with Gasteiger partial charge in [0.1, 0.15) is 0 Å². The molecule has 2 heterocycles. The highest BCUT2D eigenvalue weighted by atomic mass is 32.2. The highest BCUT2D eigenvalue weighted by Crippen LogP contribution is 2.27. The fourth-order valence-electron chi connectivity index (χ4n) is 3.61. The number of morpholine rings is 1. The molecule has 2 aliphatic rings. The summed E-state index contributed by atoms with van der Waals surface area (Å²) < 4.78 is 32.6. The van der Waals surface area contributed by atoms with Gasteiger partial charge in [-0.2, -0.15) is 4.31 Å². The Hall–Kier alpha value is -1.44. The molecule has 1 amide bonds. The number of aryl methyl sites for hydroxylation is 2. The fraction of sp³-hybridized carbons (Fsp3) is 0.611. The van der Waals surface area contributed by atoms with Gasteiger partial charge in [-0.05, 0) is 38.3 Å². The summed E-state index contributed by atoms with van der Waals surface area (Å²) in [6.45, 7) is 7.03. The molecule has 6 nitrogen and oxygen atoms in total. The molecular weight excluding hydrogens is 340 g/mol. The Morgan fingerprint density at radius 3 is 2.32 bits per heavy atom. The van der Waals surface area contributed by atoms with Gasteiger partial charge in [-0.1, -0.05) is 17.7 Å². The predicted octanol–water partition coefficient (Wildman–Crippen LogP) is 1.56. The molecule has 138 valence electrons. The molecule has 0 spiro atoms. The molecule has 3 rings (SSSR count). The molecule has 0 atom stereocenters. The third kappa shape index (κ3) is 3.88. The first-order chi connectivity index (χ1) is 11.9. The second kappa shape index (κ2) is 7.43. The summed E-state index contributed by atoms with van der Waals surface area (Å²) in [4.78, 5) is 14.8. The van der Waals surface area contributed by atoms with E-state index in [0.717, 1.165) is 11.1 Å². The minimum absolute atomic E-state index is 0.0799. The molecule has 25 heavy (non-hydrogen) atoms. The van der Waals surface area contributed by atoms with Gasteiger partial charge in [0.25, 0.3) is 0 Å². The Morgan fingerprint density at radius 2 is 1.72 bits per heavy atom. The first-order valence-corrected chi connectivity index (χ1v) is 10.3. The Morgan fingerprint density at radius 1 is 1.08 bits per heavy atom. The van der Waals surface area contributed by atoms with Crippen LogP contribution in [-0.4, -0.2) is 62.9 Å². The first kappa shape index (κ1) is 18.4. The van der Waals surface area contributed by atoms with Crippen LogP contribution >= 0.6 is 0 Å². The average molecular weight is 366 g/mol. The molecule has 0 bridgehead atoms. The molecule has 0 aliphatic carbocycles. The minimum atomic E-state index is -3.50. The van der Waals surface area contributed by atoms with E-state index in [0.29, 0.717) is 57.1 Å². The SMILES string of the molecule is Cc1ccc(S(=O)(=O)N2CCC(C(=O)N3CCOCC3)CC2)c(C)c1. The third-order valence-electron chi connectivity index (χ3n) is 5.07. The molecule has 0 saturated carbocycles. The number of hydrogen-bond donors (Lipinski definition) is 0. The van der Waals surface area contributed by atoms with Gasteiger partial charge in [0.05, 0.1) is 18.1 Å². The van der Waals surface area contributed by atoms with E-state index in [1.807, 2.05) is 30.9 Å². The van der Waals surface area contributed by atoms with Crippen LogP contribution in [-0.2, 0) is 19.6 Å². The molecule has 0 aromatic heterocycles. The Bertz CT molecular complexity index is 733. The van der Waals surface area contributed by atoms with E-state index in [-0.39, 0.29) is 11.8 Å². The minimum Gasteiger partial charge on any atom is -0.378 e. The van der Waals surface area contributed by atoms with Crippen LogP contribution in [0.2, 0.25) is 0 Å². The highest BCUT2D eigenvalue weighted by Gasteiger charge is 2.34. The predicted molar refractivity (Wildman–Crippen MR) is 94.8 cm³/mol. The van der Waals surface area contributed by atoms with Crippen molar-refractivity contribution in [3.63, 3.8) is 0 Å². The van der Waals surface area contributed by atoms with E-state index in [1.165, 1.54) is 4.31 Å². The van der Waals surface area contributed by atoms with Crippen LogP contribution in [0.4, 0.5) is 0 Å². The van der Waals surface area contributed by atoms with E-state index < -0.39 is 10.0 Å². The topological polar surface area (TPSA) is 66.9 Å². The van der Waals surface area contributed by atoms with E-state index in [2.05, 4.69) is 0 Å². The third-order valence-corrected chi connectivity index (χ3v) is 7.13. The molecule has 0 N–H and O–H groups in total. The summed E-state index contributed by atoms with van der Waals surface area (Å²) in [5.74, 6) is 0.0653. The van der Waals surface area contributed by atoms with Crippen molar-refractivity contribution in [2.24, 2.45) is 5.92 Å². The number of piperidine rings is 1. The Kier molecular flexibility index (Phi) is 5.46. The highest BCUT2D eigenvalue weighted by molar-refractivity contribution is 7.89. The quantitative estimate of drug-likeness (QED) is 0.814. The zero-order chi connectivity index (χ0) is 18.0. The lowest BCUT2D eigenvalue weighted by molar-refractivity contribution is -0.140. The van der Waals surface area contributed by atoms with Crippen LogP contribution in [0.25, 0.3) is 0 Å². The van der Waals surface area contributed by atoms with Crippen molar-refractivity contribution in [3.8, 4) is 0 Å². The van der Waals surface area contributed by atoms with Crippen LogP contribution < -0.4 is 0 Å². The lowest BCUT2D eigenvalue weighted by atomic mass is 9.96. The lowest BCUT2D eigenvalue weighted by Gasteiger charge is -2.35. The van der Waals surface area contributed by atoms with E-state index in [9.17, 15) is 13.2 Å². The Balaban J connectivity index is 1.66. The summed E-state index contributed by atoms with van der Waals surface area (Å²) in [5.41, 5.74) is 1.82. The van der Waals surface area contributed by atoms with Gasteiger partial charge in [0.2, 0.25) is 15.9 Å². The van der Waals surface area contributed by atoms with Crippen molar-refractivity contribution >= 4 is 15.9 Å². The van der Waals surface area contributed by atoms with E-state index >= 15 is 0 Å². The second-order valence-electron chi connectivity index (χ2n) is 6.88. The number of carbonyl (C=O) groups is 1. The molecule has 0 radical (unpaired) electrons. The van der Waals surface area contributed by atoms with Crippen molar-refractivity contribution in [1.82, 2.24) is 9.21 Å². The van der Waals surface area contributed by atoms with Gasteiger partial charge in [-0.25, -0.2) is 8.42 Å². The zero-order valence-corrected chi connectivity index (χ0v) is 15.7. The monoisotopic (exact) mass is 366 g/mol. The van der Waals surface area contributed by atoms with Gasteiger partial charge in [-0.15, -0.1) is 0 Å². The van der Waals surface area contributed by atoms with Crippen molar-refractivity contribution in [2.45, 2.75) is 31.6 Å². The van der Waals surface area contributed by atoms with Gasteiger partial charge in [0.15, 0.2) is 0 Å². The van der Waals surface area contributed by atoms with Crippen molar-refractivity contribution in [3.05, 3.63) is 29.3 Å². The molecule has 2 fully saturated rings. The first-order valence-electron chi connectivity index (χ1n) is 8.83. The van der Waals surface area contributed by atoms with Gasteiger partial charge >= 0.3 is 0 Å². The smallest absolute Gasteiger partial charge is 0.243 e. The number of carbonyl (C=O) groups excluding carboxylic acids is 1. The number of sulfonamides is 1. The molecule has 7 heteroatoms. The van der Waals surface area contributed by atoms with Gasteiger partial charge in [-0.3, -0.25) is 4.79 Å². The molecular formula is C18H26N2O4S. The van der Waals surface area contributed by atoms with Crippen LogP contribution in [0.1, 0.15) is 24.0 Å². The largest absolute Gasteiger partial charge is 0.378 e. The van der Waals surface area contributed by atoms with Crippen LogP contribution in [0.15, 0.2) is 23.1 Å². The molecule has 0 unspecified atom stereocenters.